The van der Waals surface area contributed by atoms with Crippen molar-refractivity contribution in [2.45, 2.75) is 19.8 Å². The molecule has 0 bridgehead atoms. The topological polar surface area (TPSA) is 32.3 Å². The Kier molecular flexibility index (Phi) is 5.07. The highest BCUT2D eigenvalue weighted by Gasteiger charge is 2.19. The molecule has 0 aliphatic carbocycles. The van der Waals surface area contributed by atoms with E-state index in [9.17, 15) is 4.79 Å². The van der Waals surface area contributed by atoms with Crippen LogP contribution in [0, 0.1) is 6.92 Å². The van der Waals surface area contributed by atoms with Crippen LogP contribution in [0.4, 0.5) is 11.4 Å². The summed E-state index contributed by atoms with van der Waals surface area (Å²) in [5, 5.41) is 3.01. The molecule has 1 aliphatic rings. The highest BCUT2D eigenvalue weighted by molar-refractivity contribution is 9.11. The van der Waals surface area contributed by atoms with Gasteiger partial charge in [-0.25, -0.2) is 0 Å². The second-order valence-electron chi connectivity index (χ2n) is 5.81. The largest absolute Gasteiger partial charge is 0.362 e. The van der Waals surface area contributed by atoms with E-state index in [1.54, 1.807) is 0 Å². The molecule has 3 nitrogen and oxygen atoms in total. The van der Waals surface area contributed by atoms with Crippen LogP contribution in [0.3, 0.4) is 0 Å². The van der Waals surface area contributed by atoms with E-state index >= 15 is 0 Å². The van der Waals surface area contributed by atoms with Gasteiger partial charge in [-0.2, -0.15) is 0 Å². The number of carbonyl (C=O) groups is 1. The fourth-order valence-corrected chi connectivity index (χ4v) is 4.56. The van der Waals surface area contributed by atoms with Crippen molar-refractivity contribution in [3.8, 4) is 0 Å². The predicted octanol–water partition coefficient (Wildman–Crippen LogP) is 4.91. The van der Waals surface area contributed by atoms with Crippen LogP contribution in [0.2, 0.25) is 0 Å². The number of rotatable bonds is 3. The van der Waals surface area contributed by atoms with Crippen molar-refractivity contribution in [1.82, 2.24) is 0 Å². The lowest BCUT2D eigenvalue weighted by Crippen LogP contribution is -2.36. The van der Waals surface area contributed by atoms with E-state index < -0.39 is 0 Å². The average molecular weight is 438 g/mol. The van der Waals surface area contributed by atoms with E-state index in [0.29, 0.717) is 6.54 Å². The predicted molar refractivity (Wildman–Crippen MR) is 102 cm³/mol. The van der Waals surface area contributed by atoms with Crippen molar-refractivity contribution in [1.29, 1.82) is 0 Å². The third kappa shape index (κ3) is 3.78. The number of para-hydroxylation sites is 1. The summed E-state index contributed by atoms with van der Waals surface area (Å²) in [5.74, 6) is -0.00745. The van der Waals surface area contributed by atoms with Crippen LogP contribution in [0.5, 0.6) is 0 Å². The smallest absolute Gasteiger partial charge is 0.243 e. The SMILES string of the molecule is Cc1cc(Br)c(NC(=O)CN2CCCc3ccccc32)c(Br)c1. The van der Waals surface area contributed by atoms with Gasteiger partial charge in [0.25, 0.3) is 0 Å². The van der Waals surface area contributed by atoms with E-state index in [1.807, 2.05) is 25.1 Å². The highest BCUT2D eigenvalue weighted by Crippen LogP contribution is 2.32. The number of nitrogens with one attached hydrogen (secondary N) is 1. The Hall–Kier alpha value is -1.33. The van der Waals surface area contributed by atoms with Gasteiger partial charge in [0.1, 0.15) is 0 Å². The third-order valence-corrected chi connectivity index (χ3v) is 5.24. The molecule has 2 aromatic carbocycles. The van der Waals surface area contributed by atoms with Gasteiger partial charge < -0.3 is 10.2 Å². The molecule has 5 heteroatoms. The first-order valence-corrected chi connectivity index (χ1v) is 9.21. The van der Waals surface area contributed by atoms with Gasteiger partial charge in [-0.1, -0.05) is 18.2 Å². The Morgan fingerprint density at radius 3 is 2.65 bits per heavy atom. The fraction of sp³-hybridized carbons (Fsp3) is 0.278. The normalized spacial score (nSPS) is 13.6. The number of anilines is 2. The van der Waals surface area contributed by atoms with Crippen molar-refractivity contribution in [3.05, 3.63) is 56.5 Å². The first-order valence-electron chi connectivity index (χ1n) is 7.63. The molecule has 2 aromatic rings. The Labute approximate surface area is 153 Å². The molecule has 0 atom stereocenters. The molecule has 0 aromatic heterocycles. The number of hydrogen-bond acceptors (Lipinski definition) is 2. The average Bonchev–Trinajstić information content (AvgIpc) is 2.51. The molecule has 1 N–H and O–H groups in total. The molecule has 3 rings (SSSR count). The first-order chi connectivity index (χ1) is 11.0. The number of halogens is 2. The standard InChI is InChI=1S/C18H18Br2N2O/c1-12-9-14(19)18(15(20)10-12)21-17(23)11-22-8-4-6-13-5-2-3-7-16(13)22/h2-3,5,7,9-10H,4,6,8,11H2,1H3,(H,21,23). The molecule has 0 saturated heterocycles. The van der Waals surface area contributed by atoms with Crippen LogP contribution in [0.1, 0.15) is 17.5 Å². The molecule has 0 spiro atoms. The minimum atomic E-state index is -0.00745. The van der Waals surface area contributed by atoms with E-state index in [4.69, 9.17) is 0 Å². The molecule has 23 heavy (non-hydrogen) atoms. The van der Waals surface area contributed by atoms with Crippen LogP contribution in [-0.4, -0.2) is 19.0 Å². The summed E-state index contributed by atoms with van der Waals surface area (Å²) in [6.07, 6.45) is 2.17. The van der Waals surface area contributed by atoms with Crippen molar-refractivity contribution in [2.75, 3.05) is 23.3 Å². The monoisotopic (exact) mass is 436 g/mol. The second kappa shape index (κ2) is 7.05. The number of nitrogens with zero attached hydrogens (tertiary/aromatic N) is 1. The van der Waals surface area contributed by atoms with Crippen LogP contribution >= 0.6 is 31.9 Å². The quantitative estimate of drug-likeness (QED) is 0.739. The molecule has 1 amide bonds. The molecule has 120 valence electrons. The summed E-state index contributed by atoms with van der Waals surface area (Å²) in [5.41, 5.74) is 4.41. The summed E-state index contributed by atoms with van der Waals surface area (Å²) >= 11 is 7.04. The maximum atomic E-state index is 12.5. The second-order valence-corrected chi connectivity index (χ2v) is 7.51. The van der Waals surface area contributed by atoms with Crippen LogP contribution in [0.15, 0.2) is 45.3 Å². The Bertz CT molecular complexity index is 723. The molecular formula is C18H18Br2N2O. The molecule has 0 unspecified atom stereocenters. The zero-order valence-corrected chi connectivity index (χ0v) is 16.1. The first kappa shape index (κ1) is 16.5. The van der Waals surface area contributed by atoms with Crippen molar-refractivity contribution in [2.24, 2.45) is 0 Å². The van der Waals surface area contributed by atoms with Gasteiger partial charge in [-0.3, -0.25) is 4.79 Å². The van der Waals surface area contributed by atoms with E-state index in [2.05, 4.69) is 60.3 Å². The van der Waals surface area contributed by atoms with Crippen molar-refractivity contribution in [3.63, 3.8) is 0 Å². The third-order valence-electron chi connectivity index (χ3n) is 3.99. The number of carbonyl (C=O) groups excluding carboxylic acids is 1. The number of amides is 1. The number of fused-ring (bicyclic) bond motifs is 1. The van der Waals surface area contributed by atoms with Gasteiger partial charge in [0.05, 0.1) is 12.2 Å². The van der Waals surface area contributed by atoms with Gasteiger partial charge in [-0.15, -0.1) is 0 Å². The number of aryl methyl sites for hydroxylation is 2. The lowest BCUT2D eigenvalue weighted by atomic mass is 10.0. The minimum Gasteiger partial charge on any atom is -0.362 e. The number of hydrogen-bond donors (Lipinski definition) is 1. The van der Waals surface area contributed by atoms with Crippen LogP contribution in [-0.2, 0) is 11.2 Å². The number of benzene rings is 2. The maximum absolute atomic E-state index is 12.5. The highest BCUT2D eigenvalue weighted by atomic mass is 79.9. The summed E-state index contributed by atoms with van der Waals surface area (Å²) in [6.45, 7) is 3.30. The van der Waals surface area contributed by atoms with Crippen LogP contribution < -0.4 is 10.2 Å². The molecule has 1 heterocycles. The van der Waals surface area contributed by atoms with Gasteiger partial charge >= 0.3 is 0 Å². The minimum absolute atomic E-state index is 0.00745. The Morgan fingerprint density at radius 2 is 1.91 bits per heavy atom. The molecular weight excluding hydrogens is 420 g/mol. The molecule has 0 fully saturated rings. The lowest BCUT2D eigenvalue weighted by molar-refractivity contribution is -0.115. The summed E-state index contributed by atoms with van der Waals surface area (Å²) in [7, 11) is 0. The van der Waals surface area contributed by atoms with Gasteiger partial charge in [0.2, 0.25) is 5.91 Å². The van der Waals surface area contributed by atoms with Gasteiger partial charge in [0.15, 0.2) is 0 Å². The Balaban J connectivity index is 1.74. The summed E-state index contributed by atoms with van der Waals surface area (Å²) < 4.78 is 1.77. The molecule has 0 radical (unpaired) electrons. The summed E-state index contributed by atoms with van der Waals surface area (Å²) in [4.78, 5) is 14.6. The Morgan fingerprint density at radius 1 is 1.22 bits per heavy atom. The van der Waals surface area contributed by atoms with Gasteiger partial charge in [-0.05, 0) is 81.0 Å². The lowest BCUT2D eigenvalue weighted by Gasteiger charge is -2.30. The van der Waals surface area contributed by atoms with E-state index in [0.717, 1.165) is 39.6 Å². The maximum Gasteiger partial charge on any atom is 0.243 e. The van der Waals surface area contributed by atoms with E-state index in [1.165, 1.54) is 11.3 Å². The van der Waals surface area contributed by atoms with Gasteiger partial charge in [0, 0.05) is 21.2 Å². The van der Waals surface area contributed by atoms with Crippen molar-refractivity contribution < 1.29 is 4.79 Å². The molecule has 1 aliphatic heterocycles. The fourth-order valence-electron chi connectivity index (χ4n) is 2.95. The van der Waals surface area contributed by atoms with Crippen LogP contribution in [0.25, 0.3) is 0 Å². The summed E-state index contributed by atoms with van der Waals surface area (Å²) in [6, 6.07) is 12.3. The van der Waals surface area contributed by atoms with Crippen molar-refractivity contribution >= 4 is 49.1 Å². The molecule has 0 saturated carbocycles. The zero-order valence-electron chi connectivity index (χ0n) is 12.9. The zero-order chi connectivity index (χ0) is 16.4. The van der Waals surface area contributed by atoms with E-state index in [-0.39, 0.29) is 5.91 Å².